The van der Waals surface area contributed by atoms with Crippen molar-refractivity contribution in [2.24, 2.45) is 0 Å². The lowest BCUT2D eigenvalue weighted by Gasteiger charge is -2.20. The van der Waals surface area contributed by atoms with E-state index >= 15 is 0 Å². The Morgan fingerprint density at radius 1 is 1.07 bits per heavy atom. The summed E-state index contributed by atoms with van der Waals surface area (Å²) in [7, 11) is 3.29. The molecule has 0 unspecified atom stereocenters. The third kappa shape index (κ3) is 5.64. The number of benzene rings is 2. The zero-order valence-corrected chi connectivity index (χ0v) is 22.0. The first-order valence-electron chi connectivity index (χ1n) is 12.8. The summed E-state index contributed by atoms with van der Waals surface area (Å²) in [6, 6.07) is 16.2. The SMILES string of the molecule is COc1cccc(CN(C)C(=O)CC[C@H]2O[C@@H](n3cnc4c(NC(=O)c5ccccc5)ncnc43)[C@H](O)[C@@H]2O)c1. The van der Waals surface area contributed by atoms with Crippen molar-refractivity contribution in [2.75, 3.05) is 19.5 Å². The Labute approximate surface area is 230 Å². The van der Waals surface area contributed by atoms with Gasteiger partial charge in [0.05, 0.1) is 19.5 Å². The molecule has 0 radical (unpaired) electrons. The third-order valence-electron chi connectivity index (χ3n) is 6.86. The van der Waals surface area contributed by atoms with Gasteiger partial charge in [0, 0.05) is 25.6 Å². The van der Waals surface area contributed by atoms with Gasteiger partial charge < -0.3 is 29.9 Å². The molecular formula is C28H30N6O6. The van der Waals surface area contributed by atoms with E-state index in [-0.39, 0.29) is 30.5 Å². The number of carbonyl (C=O) groups excluding carboxylic acids is 2. The van der Waals surface area contributed by atoms with Crippen molar-refractivity contribution in [1.82, 2.24) is 24.4 Å². The normalized spacial score (nSPS) is 20.4. The zero-order valence-electron chi connectivity index (χ0n) is 22.0. The summed E-state index contributed by atoms with van der Waals surface area (Å²) < 4.78 is 12.7. The highest BCUT2D eigenvalue weighted by atomic mass is 16.6. The fraction of sp³-hybridized carbons (Fsp3) is 0.321. The number of aliphatic hydroxyl groups is 2. The second-order valence-electron chi connectivity index (χ2n) is 9.55. The number of imidazole rings is 1. The first-order valence-corrected chi connectivity index (χ1v) is 12.8. The van der Waals surface area contributed by atoms with E-state index in [2.05, 4.69) is 20.3 Å². The summed E-state index contributed by atoms with van der Waals surface area (Å²) in [5.41, 5.74) is 1.99. The molecule has 5 rings (SSSR count). The number of methoxy groups -OCH3 is 1. The van der Waals surface area contributed by atoms with Crippen LogP contribution in [0.25, 0.3) is 11.2 Å². The summed E-state index contributed by atoms with van der Waals surface area (Å²) in [6.07, 6.45) is -1.30. The molecule has 1 aliphatic heterocycles. The highest BCUT2D eigenvalue weighted by Crippen LogP contribution is 2.34. The van der Waals surface area contributed by atoms with E-state index in [9.17, 15) is 19.8 Å². The molecule has 3 N–H and O–H groups in total. The summed E-state index contributed by atoms with van der Waals surface area (Å²) in [5.74, 6) is 0.427. The lowest BCUT2D eigenvalue weighted by atomic mass is 10.1. The Bertz CT molecular complexity index is 1500. The van der Waals surface area contributed by atoms with Gasteiger partial charge in [0.25, 0.3) is 5.91 Å². The fourth-order valence-electron chi connectivity index (χ4n) is 4.69. The Balaban J connectivity index is 1.24. The number of hydrogen-bond acceptors (Lipinski definition) is 9. The molecule has 1 saturated heterocycles. The van der Waals surface area contributed by atoms with Crippen LogP contribution < -0.4 is 10.1 Å². The fourth-order valence-corrected chi connectivity index (χ4v) is 4.69. The number of anilines is 1. The molecule has 40 heavy (non-hydrogen) atoms. The molecule has 208 valence electrons. The van der Waals surface area contributed by atoms with E-state index in [0.717, 1.165) is 5.56 Å². The molecule has 0 bridgehead atoms. The van der Waals surface area contributed by atoms with Gasteiger partial charge in [-0.2, -0.15) is 0 Å². The molecule has 0 saturated carbocycles. The molecule has 0 aliphatic carbocycles. The number of ether oxygens (including phenoxy) is 2. The minimum atomic E-state index is -1.29. The van der Waals surface area contributed by atoms with Crippen LogP contribution >= 0.6 is 0 Å². The Morgan fingerprint density at radius 2 is 1.88 bits per heavy atom. The Hall–Kier alpha value is -4.39. The zero-order chi connectivity index (χ0) is 28.2. The number of nitrogens with zero attached hydrogens (tertiary/aromatic N) is 5. The van der Waals surface area contributed by atoms with Crippen LogP contribution in [0, 0.1) is 0 Å². The van der Waals surface area contributed by atoms with Gasteiger partial charge in [-0.25, -0.2) is 15.0 Å². The van der Waals surface area contributed by atoms with Crippen molar-refractivity contribution >= 4 is 28.8 Å². The summed E-state index contributed by atoms with van der Waals surface area (Å²) in [4.78, 5) is 39.7. The minimum Gasteiger partial charge on any atom is -0.497 e. The van der Waals surface area contributed by atoms with Crippen molar-refractivity contribution in [2.45, 2.75) is 43.9 Å². The number of hydrogen-bond donors (Lipinski definition) is 3. The molecule has 1 aliphatic rings. The maximum atomic E-state index is 12.8. The van der Waals surface area contributed by atoms with Gasteiger partial charge in [-0.1, -0.05) is 30.3 Å². The first-order chi connectivity index (χ1) is 19.4. The second-order valence-corrected chi connectivity index (χ2v) is 9.55. The Morgan fingerprint density at radius 3 is 2.65 bits per heavy atom. The molecule has 3 heterocycles. The quantitative estimate of drug-likeness (QED) is 0.287. The summed E-state index contributed by atoms with van der Waals surface area (Å²) in [6.45, 7) is 0.402. The number of rotatable bonds is 9. The van der Waals surface area contributed by atoms with Crippen LogP contribution in [0.15, 0.2) is 67.3 Å². The molecule has 1 fully saturated rings. The van der Waals surface area contributed by atoms with Gasteiger partial charge in [0.15, 0.2) is 23.2 Å². The maximum Gasteiger partial charge on any atom is 0.256 e. The number of nitrogens with one attached hydrogen (secondary N) is 1. The highest BCUT2D eigenvalue weighted by molar-refractivity contribution is 6.06. The molecule has 2 aromatic carbocycles. The summed E-state index contributed by atoms with van der Waals surface area (Å²) in [5, 5.41) is 24.2. The van der Waals surface area contributed by atoms with Crippen molar-refractivity contribution < 1.29 is 29.3 Å². The number of fused-ring (bicyclic) bond motifs is 1. The van der Waals surface area contributed by atoms with Crippen LogP contribution in [0.1, 0.15) is 35.0 Å². The number of carbonyl (C=O) groups is 2. The van der Waals surface area contributed by atoms with Crippen LogP contribution in [0.3, 0.4) is 0 Å². The number of aromatic nitrogens is 4. The second kappa shape index (κ2) is 11.8. The van der Waals surface area contributed by atoms with Crippen molar-refractivity contribution in [3.8, 4) is 5.75 Å². The molecule has 4 aromatic rings. The van der Waals surface area contributed by atoms with Gasteiger partial charge in [0.2, 0.25) is 5.91 Å². The summed E-state index contributed by atoms with van der Waals surface area (Å²) >= 11 is 0. The Kier molecular flexibility index (Phi) is 8.01. The average molecular weight is 547 g/mol. The largest absolute Gasteiger partial charge is 0.497 e. The molecule has 12 nitrogen and oxygen atoms in total. The standard InChI is InChI=1S/C28H30N6O6/c1-33(14-17-7-6-10-19(13-17)39-2)21(35)12-11-20-23(36)24(37)28(40-20)34-16-31-22-25(29-15-30-26(22)34)32-27(38)18-8-4-3-5-9-18/h3-10,13,15-16,20,23-24,28,36-37H,11-12,14H2,1-2H3,(H,29,30,32,38)/t20-,23-,24-,28-/m1/s1. The predicted molar refractivity (Wildman–Crippen MR) is 144 cm³/mol. The molecule has 2 amide bonds. The van der Waals surface area contributed by atoms with Crippen LogP contribution in [-0.4, -0.2) is 78.9 Å². The van der Waals surface area contributed by atoms with Crippen molar-refractivity contribution in [1.29, 1.82) is 0 Å². The van der Waals surface area contributed by atoms with Gasteiger partial charge in [-0.05, 0) is 36.2 Å². The number of aliphatic hydroxyl groups excluding tert-OH is 2. The monoisotopic (exact) mass is 546 g/mol. The van der Waals surface area contributed by atoms with E-state index in [1.165, 1.54) is 17.2 Å². The minimum absolute atomic E-state index is 0.115. The molecule has 12 heteroatoms. The van der Waals surface area contributed by atoms with Crippen LogP contribution in [0.5, 0.6) is 5.75 Å². The molecule has 0 spiro atoms. The van der Waals surface area contributed by atoms with Crippen LogP contribution in [0.2, 0.25) is 0 Å². The van der Waals surface area contributed by atoms with Gasteiger partial charge in [-0.3, -0.25) is 14.2 Å². The van der Waals surface area contributed by atoms with Crippen molar-refractivity contribution in [3.63, 3.8) is 0 Å². The van der Waals surface area contributed by atoms with E-state index in [0.29, 0.717) is 29.0 Å². The smallest absolute Gasteiger partial charge is 0.256 e. The molecular weight excluding hydrogens is 516 g/mol. The molecule has 4 atom stereocenters. The van der Waals surface area contributed by atoms with Gasteiger partial charge in [0.1, 0.15) is 24.3 Å². The lowest BCUT2D eigenvalue weighted by Crippen LogP contribution is -2.33. The molecule has 2 aromatic heterocycles. The van der Waals surface area contributed by atoms with E-state index < -0.39 is 24.5 Å². The van der Waals surface area contributed by atoms with Gasteiger partial charge >= 0.3 is 0 Å². The van der Waals surface area contributed by atoms with E-state index in [4.69, 9.17) is 9.47 Å². The lowest BCUT2D eigenvalue weighted by molar-refractivity contribution is -0.131. The van der Waals surface area contributed by atoms with E-state index in [1.807, 2.05) is 30.3 Å². The first kappa shape index (κ1) is 27.2. The highest BCUT2D eigenvalue weighted by Gasteiger charge is 2.44. The van der Waals surface area contributed by atoms with Gasteiger partial charge in [-0.15, -0.1) is 0 Å². The number of amides is 2. The van der Waals surface area contributed by atoms with E-state index in [1.54, 1.807) is 43.3 Å². The predicted octanol–water partition coefficient (Wildman–Crippen LogP) is 2.15. The average Bonchev–Trinajstić information content (AvgIpc) is 3.53. The topological polar surface area (TPSA) is 152 Å². The van der Waals surface area contributed by atoms with Crippen LogP contribution in [-0.2, 0) is 16.1 Å². The third-order valence-corrected chi connectivity index (χ3v) is 6.86. The maximum absolute atomic E-state index is 12.8. The van der Waals surface area contributed by atoms with Crippen LogP contribution in [0.4, 0.5) is 5.82 Å². The van der Waals surface area contributed by atoms with Crippen molar-refractivity contribution in [3.05, 3.63) is 78.4 Å².